The molecule has 1 N–H and O–H groups in total. The van der Waals surface area contributed by atoms with E-state index in [1.54, 1.807) is 42.5 Å². The van der Waals surface area contributed by atoms with Crippen molar-refractivity contribution in [2.75, 3.05) is 11.9 Å². The van der Waals surface area contributed by atoms with Gasteiger partial charge in [-0.2, -0.15) is 23.1 Å². The third-order valence-corrected chi connectivity index (χ3v) is 5.48. The summed E-state index contributed by atoms with van der Waals surface area (Å²) in [5, 5.41) is 4.61. The average molecular weight is 412 g/mol. The molecule has 0 saturated heterocycles. The Morgan fingerprint density at radius 3 is 2.50 bits per heavy atom. The molecule has 0 aliphatic rings. The van der Waals surface area contributed by atoms with Gasteiger partial charge in [0.05, 0.1) is 34.3 Å². The summed E-state index contributed by atoms with van der Waals surface area (Å²) in [5.74, 6) is 0.653. The third-order valence-electron chi connectivity index (χ3n) is 3.60. The summed E-state index contributed by atoms with van der Waals surface area (Å²) in [5.41, 5.74) is 1.68. The van der Waals surface area contributed by atoms with Crippen molar-refractivity contribution in [3.63, 3.8) is 0 Å². The molecule has 9 heteroatoms. The van der Waals surface area contributed by atoms with Crippen LogP contribution in [0.25, 0.3) is 11.3 Å². The molecule has 136 valence electrons. The Bertz CT molecular complexity index is 1020. The zero-order valence-electron chi connectivity index (χ0n) is 13.7. The number of benzene rings is 2. The van der Waals surface area contributed by atoms with Crippen LogP contribution in [0.4, 0.5) is 0 Å². The van der Waals surface area contributed by atoms with Gasteiger partial charge in [-0.3, -0.25) is 0 Å². The number of nitrogens with one attached hydrogen (secondary N) is 1. The van der Waals surface area contributed by atoms with Gasteiger partial charge in [0.1, 0.15) is 5.75 Å². The summed E-state index contributed by atoms with van der Waals surface area (Å²) in [6, 6.07) is 14.8. The highest BCUT2D eigenvalue weighted by molar-refractivity contribution is 7.92. The lowest BCUT2D eigenvalue weighted by atomic mass is 10.1. The van der Waals surface area contributed by atoms with Crippen LogP contribution in [-0.4, -0.2) is 25.4 Å². The van der Waals surface area contributed by atoms with E-state index in [1.807, 2.05) is 0 Å². The van der Waals surface area contributed by atoms with Gasteiger partial charge < -0.3 is 4.74 Å². The fourth-order valence-corrected chi connectivity index (χ4v) is 3.74. The normalized spacial score (nSPS) is 11.3. The largest absolute Gasteiger partial charge is 0.495 e. The van der Waals surface area contributed by atoms with Gasteiger partial charge in [-0.25, -0.2) is 0 Å². The molecule has 0 bridgehead atoms. The highest BCUT2D eigenvalue weighted by Crippen LogP contribution is 2.30. The van der Waals surface area contributed by atoms with E-state index in [4.69, 9.17) is 27.9 Å². The molecular weight excluding hydrogens is 397 g/mol. The molecule has 26 heavy (non-hydrogen) atoms. The highest BCUT2D eigenvalue weighted by Gasteiger charge is 2.18. The topological polar surface area (TPSA) is 73.2 Å². The van der Waals surface area contributed by atoms with Crippen LogP contribution in [0.15, 0.2) is 59.5 Å². The van der Waals surface area contributed by atoms with Crippen LogP contribution < -0.4 is 9.57 Å². The molecule has 0 unspecified atom stereocenters. The van der Waals surface area contributed by atoms with E-state index in [-0.39, 0.29) is 10.8 Å². The van der Waals surface area contributed by atoms with Gasteiger partial charge in [0.25, 0.3) is 10.0 Å². The number of aromatic nitrogens is 2. The smallest absolute Gasteiger partial charge is 0.276 e. The van der Waals surface area contributed by atoms with Crippen LogP contribution in [0, 0.1) is 0 Å². The predicted octanol–water partition coefficient (Wildman–Crippen LogP) is 3.88. The summed E-state index contributed by atoms with van der Waals surface area (Å²) in [6.07, 6.45) is 0. The molecule has 0 fully saturated rings. The first-order valence-corrected chi connectivity index (χ1v) is 9.91. The first kappa shape index (κ1) is 18.6. The van der Waals surface area contributed by atoms with Crippen LogP contribution in [-0.2, 0) is 15.9 Å². The van der Waals surface area contributed by atoms with E-state index in [2.05, 4.69) is 9.93 Å². The Hall–Kier alpha value is -2.22. The van der Waals surface area contributed by atoms with Crippen molar-refractivity contribution >= 4 is 33.2 Å². The van der Waals surface area contributed by atoms with Gasteiger partial charge in [0, 0.05) is 5.56 Å². The van der Waals surface area contributed by atoms with E-state index < -0.39 is 10.0 Å². The van der Waals surface area contributed by atoms with E-state index in [0.29, 0.717) is 27.7 Å². The Morgan fingerprint density at radius 1 is 1.15 bits per heavy atom. The molecular formula is C17H15Cl2N3O3S. The molecule has 1 heterocycles. The van der Waals surface area contributed by atoms with Gasteiger partial charge >= 0.3 is 0 Å². The maximum absolute atomic E-state index is 12.6. The van der Waals surface area contributed by atoms with Crippen molar-refractivity contribution in [1.29, 1.82) is 0 Å². The van der Waals surface area contributed by atoms with Crippen molar-refractivity contribution in [2.45, 2.75) is 10.8 Å². The zero-order chi connectivity index (χ0) is 18.7. The highest BCUT2D eigenvalue weighted by atomic mass is 35.5. The maximum Gasteiger partial charge on any atom is 0.276 e. The predicted molar refractivity (Wildman–Crippen MR) is 102 cm³/mol. The summed E-state index contributed by atoms with van der Waals surface area (Å²) < 4.78 is 30.3. The fraction of sp³-hybridized carbons (Fsp3) is 0.118. The van der Waals surface area contributed by atoms with Gasteiger partial charge in [-0.15, -0.1) is 11.6 Å². The van der Waals surface area contributed by atoms with Gasteiger partial charge in [0.2, 0.25) is 0 Å². The molecule has 1 aromatic heterocycles. The minimum absolute atomic E-state index is 0.127. The lowest BCUT2D eigenvalue weighted by molar-refractivity contribution is 0.415. The second kappa shape index (κ2) is 7.57. The first-order valence-electron chi connectivity index (χ1n) is 7.51. The molecule has 0 aliphatic heterocycles. The second-order valence-corrected chi connectivity index (χ2v) is 7.66. The van der Waals surface area contributed by atoms with Gasteiger partial charge in [-0.05, 0) is 36.4 Å². The molecule has 0 radical (unpaired) electrons. The molecule has 3 aromatic rings. The minimum atomic E-state index is -3.81. The Labute approximate surface area is 161 Å². The maximum atomic E-state index is 12.6. The Morgan fingerprint density at radius 2 is 1.88 bits per heavy atom. The number of rotatable bonds is 6. The quantitative estimate of drug-likeness (QED) is 0.624. The zero-order valence-corrected chi connectivity index (χ0v) is 16.0. The van der Waals surface area contributed by atoms with Crippen LogP contribution >= 0.6 is 23.2 Å². The molecule has 0 spiro atoms. The van der Waals surface area contributed by atoms with Crippen molar-refractivity contribution in [3.05, 3.63) is 65.3 Å². The monoisotopic (exact) mass is 411 g/mol. The number of nitrogens with zero attached hydrogens (tertiary/aromatic N) is 2. The lowest BCUT2D eigenvalue weighted by Crippen LogP contribution is -2.25. The van der Waals surface area contributed by atoms with Gasteiger partial charge in [-0.1, -0.05) is 29.8 Å². The number of ether oxygens (including phenoxy) is 1. The summed E-state index contributed by atoms with van der Waals surface area (Å²) in [4.78, 5) is 3.75. The van der Waals surface area contributed by atoms with Crippen molar-refractivity contribution in [3.8, 4) is 17.0 Å². The number of sulfonamides is 1. The van der Waals surface area contributed by atoms with Gasteiger partial charge in [0.15, 0.2) is 0 Å². The summed E-state index contributed by atoms with van der Waals surface area (Å²) in [6.45, 7) is 0. The number of halogens is 2. The van der Waals surface area contributed by atoms with Crippen LogP contribution in [0.1, 0.15) is 5.69 Å². The Balaban J connectivity index is 2.03. The molecule has 0 saturated carbocycles. The minimum Gasteiger partial charge on any atom is -0.495 e. The standard InChI is InChI=1S/C17H15Cl2N3O3S/c1-25-17-8-7-12(9-15(17)19)16-10-13(11-18)20-22(16)21-26(23,24)14-5-3-2-4-6-14/h2-10,21H,11H2,1H3. The summed E-state index contributed by atoms with van der Waals surface area (Å²) in [7, 11) is -2.29. The Kier molecular flexibility index (Phi) is 5.41. The molecule has 0 atom stereocenters. The van der Waals surface area contributed by atoms with E-state index in [1.165, 1.54) is 24.0 Å². The second-order valence-electron chi connectivity index (χ2n) is 5.32. The summed E-state index contributed by atoms with van der Waals surface area (Å²) >= 11 is 12.0. The molecule has 6 nitrogen and oxygen atoms in total. The SMILES string of the molecule is COc1ccc(-c2cc(CCl)nn2NS(=O)(=O)c2ccccc2)cc1Cl. The first-order chi connectivity index (χ1) is 12.4. The van der Waals surface area contributed by atoms with Crippen molar-refractivity contribution < 1.29 is 13.2 Å². The average Bonchev–Trinajstić information content (AvgIpc) is 3.04. The van der Waals surface area contributed by atoms with E-state index >= 15 is 0 Å². The fourth-order valence-electron chi connectivity index (χ4n) is 2.36. The van der Waals surface area contributed by atoms with Crippen molar-refractivity contribution in [1.82, 2.24) is 9.89 Å². The molecule has 3 rings (SSSR count). The number of alkyl halides is 1. The number of hydrogen-bond donors (Lipinski definition) is 1. The molecule has 2 aromatic carbocycles. The van der Waals surface area contributed by atoms with E-state index in [0.717, 1.165) is 0 Å². The third kappa shape index (κ3) is 3.80. The van der Waals surface area contributed by atoms with Crippen molar-refractivity contribution in [2.24, 2.45) is 0 Å². The molecule has 0 aliphatic carbocycles. The molecule has 0 amide bonds. The van der Waals surface area contributed by atoms with Crippen LogP contribution in [0.2, 0.25) is 5.02 Å². The van der Waals surface area contributed by atoms with Crippen LogP contribution in [0.3, 0.4) is 0 Å². The number of hydrogen-bond acceptors (Lipinski definition) is 4. The number of methoxy groups -OCH3 is 1. The van der Waals surface area contributed by atoms with E-state index in [9.17, 15) is 8.42 Å². The lowest BCUT2D eigenvalue weighted by Gasteiger charge is -2.12. The van der Waals surface area contributed by atoms with Crippen LogP contribution in [0.5, 0.6) is 5.75 Å².